The molecule has 7 heteroatoms. The smallest absolute Gasteiger partial charge is 0.240 e. The molecule has 2 atom stereocenters. The van der Waals surface area contributed by atoms with Crippen LogP contribution in [0.25, 0.3) is 0 Å². The van der Waals surface area contributed by atoms with Crippen LogP contribution in [0, 0.1) is 5.82 Å². The maximum atomic E-state index is 14.6. The Morgan fingerprint density at radius 2 is 1.69 bits per heavy atom. The highest BCUT2D eigenvalue weighted by Gasteiger charge is 2.39. The molecule has 2 aliphatic rings. The Labute approximate surface area is 210 Å². The summed E-state index contributed by atoms with van der Waals surface area (Å²) in [6.45, 7) is 1.17. The quantitative estimate of drug-likeness (QED) is 0.568. The third-order valence-electron chi connectivity index (χ3n) is 7.42. The normalized spacial score (nSPS) is 19.4. The minimum atomic E-state index is -0.492. The molecule has 0 radical (unpaired) electrons. The fourth-order valence-corrected chi connectivity index (χ4v) is 5.51. The topological polar surface area (TPSA) is 62.2 Å². The zero-order valence-electron chi connectivity index (χ0n) is 20.6. The molecule has 0 spiro atoms. The molecule has 2 aliphatic heterocycles. The molecule has 1 N–H and O–H groups in total. The van der Waals surface area contributed by atoms with Gasteiger partial charge in [-0.1, -0.05) is 42.5 Å². The van der Waals surface area contributed by atoms with Crippen molar-refractivity contribution in [1.82, 2.24) is 9.80 Å². The van der Waals surface area contributed by atoms with E-state index >= 15 is 0 Å². The van der Waals surface area contributed by atoms with Gasteiger partial charge in [-0.2, -0.15) is 0 Å². The number of carbonyl (C=O) groups is 1. The van der Waals surface area contributed by atoms with Gasteiger partial charge in [0.15, 0.2) is 11.5 Å². The number of hydrogen-bond acceptors (Lipinski definition) is 5. The highest BCUT2D eigenvalue weighted by Crippen LogP contribution is 2.39. The van der Waals surface area contributed by atoms with E-state index in [4.69, 9.17) is 9.47 Å². The number of fused-ring (bicyclic) bond motifs is 2. The third-order valence-corrected chi connectivity index (χ3v) is 7.42. The Hall–Kier alpha value is -3.42. The van der Waals surface area contributed by atoms with Crippen molar-refractivity contribution in [2.24, 2.45) is 0 Å². The van der Waals surface area contributed by atoms with Crippen molar-refractivity contribution in [3.05, 3.63) is 94.3 Å². The molecule has 5 rings (SSSR count). The highest BCUT2D eigenvalue weighted by molar-refractivity contribution is 5.83. The molecule has 0 bridgehead atoms. The van der Waals surface area contributed by atoms with Gasteiger partial charge in [-0.05, 0) is 53.3 Å². The van der Waals surface area contributed by atoms with E-state index in [1.54, 1.807) is 31.3 Å². The van der Waals surface area contributed by atoms with Crippen LogP contribution in [0.1, 0.15) is 33.9 Å². The van der Waals surface area contributed by atoms with Gasteiger partial charge in [0.2, 0.25) is 5.91 Å². The van der Waals surface area contributed by atoms with Crippen molar-refractivity contribution in [1.29, 1.82) is 0 Å². The van der Waals surface area contributed by atoms with Crippen LogP contribution in [-0.2, 0) is 30.7 Å². The van der Waals surface area contributed by atoms with Gasteiger partial charge in [0.25, 0.3) is 0 Å². The van der Waals surface area contributed by atoms with Gasteiger partial charge >= 0.3 is 0 Å². The van der Waals surface area contributed by atoms with Crippen LogP contribution < -0.4 is 9.47 Å². The number of benzene rings is 3. The van der Waals surface area contributed by atoms with Crippen LogP contribution in [0.4, 0.5) is 4.39 Å². The minimum absolute atomic E-state index is 0.0553. The van der Waals surface area contributed by atoms with Crippen LogP contribution in [0.5, 0.6) is 11.5 Å². The van der Waals surface area contributed by atoms with Crippen LogP contribution >= 0.6 is 0 Å². The number of methoxy groups -OCH3 is 2. The van der Waals surface area contributed by atoms with Crippen molar-refractivity contribution in [3.8, 4) is 11.5 Å². The molecule has 2 heterocycles. The first-order valence-electron chi connectivity index (χ1n) is 12.2. The van der Waals surface area contributed by atoms with E-state index in [1.165, 1.54) is 6.07 Å². The summed E-state index contributed by atoms with van der Waals surface area (Å²) in [6, 6.07) is 17.7. The third kappa shape index (κ3) is 4.45. The molecule has 1 unspecified atom stereocenters. The number of aliphatic hydroxyl groups is 1. The lowest BCUT2D eigenvalue weighted by molar-refractivity contribution is -0.142. The predicted molar refractivity (Wildman–Crippen MR) is 134 cm³/mol. The summed E-state index contributed by atoms with van der Waals surface area (Å²) in [5.74, 6) is 0.869. The van der Waals surface area contributed by atoms with Crippen LogP contribution in [0.15, 0.2) is 60.7 Å². The second-order valence-corrected chi connectivity index (χ2v) is 9.37. The molecule has 3 aromatic carbocycles. The number of hydrogen-bond donors (Lipinski definition) is 1. The minimum Gasteiger partial charge on any atom is -0.493 e. The molecular formula is C29H31FN2O4. The second-order valence-electron chi connectivity index (χ2n) is 9.37. The average Bonchev–Trinajstić information content (AvgIpc) is 2.92. The van der Waals surface area contributed by atoms with Gasteiger partial charge < -0.3 is 19.5 Å². The number of halogens is 1. The SMILES string of the molecule is COc1cc2c(cc1OC)C(CO)N(C(=O)[C@@H]1Cc3ccccc3CN1Cc1ccccc1F)CC2. The summed E-state index contributed by atoms with van der Waals surface area (Å²) < 4.78 is 25.5. The summed E-state index contributed by atoms with van der Waals surface area (Å²) in [5.41, 5.74) is 4.75. The zero-order chi connectivity index (χ0) is 25.2. The van der Waals surface area contributed by atoms with Crippen molar-refractivity contribution in [2.75, 3.05) is 27.4 Å². The van der Waals surface area contributed by atoms with E-state index in [1.807, 2.05) is 30.3 Å². The molecule has 3 aromatic rings. The average molecular weight is 491 g/mol. The van der Waals surface area contributed by atoms with Crippen LogP contribution in [0.3, 0.4) is 0 Å². The van der Waals surface area contributed by atoms with Gasteiger partial charge in [0.05, 0.1) is 32.9 Å². The standard InChI is InChI=1S/C29H31FN2O4/c1-35-27-14-20-11-12-32(26(18-33)23(20)15-28(27)36-2)29(34)25-13-19-7-3-4-8-21(19)16-31(25)17-22-9-5-6-10-24(22)30/h3-10,14-15,25-26,33H,11-13,16-18H2,1-2H3/t25-,26?/m0/s1. The van der Waals surface area contributed by atoms with E-state index in [-0.39, 0.29) is 18.3 Å². The number of rotatable bonds is 6. The lowest BCUT2D eigenvalue weighted by Gasteiger charge is -2.43. The van der Waals surface area contributed by atoms with E-state index < -0.39 is 12.1 Å². The van der Waals surface area contributed by atoms with Crippen LogP contribution in [0.2, 0.25) is 0 Å². The van der Waals surface area contributed by atoms with Crippen molar-refractivity contribution in [2.45, 2.75) is 38.0 Å². The monoisotopic (exact) mass is 490 g/mol. The first-order valence-corrected chi connectivity index (χ1v) is 12.2. The molecular weight excluding hydrogens is 459 g/mol. The summed E-state index contributed by atoms with van der Waals surface area (Å²) in [4.78, 5) is 18.0. The Morgan fingerprint density at radius 3 is 2.42 bits per heavy atom. The maximum absolute atomic E-state index is 14.6. The Bertz CT molecular complexity index is 1260. The van der Waals surface area contributed by atoms with Crippen LogP contribution in [-0.4, -0.2) is 54.2 Å². The maximum Gasteiger partial charge on any atom is 0.240 e. The molecule has 6 nitrogen and oxygen atoms in total. The number of nitrogens with zero attached hydrogens (tertiary/aromatic N) is 2. The van der Waals surface area contributed by atoms with E-state index in [2.05, 4.69) is 17.0 Å². The van der Waals surface area contributed by atoms with Gasteiger partial charge in [0, 0.05) is 25.2 Å². The molecule has 0 saturated carbocycles. The molecule has 0 aliphatic carbocycles. The number of ether oxygens (including phenoxy) is 2. The summed E-state index contributed by atoms with van der Waals surface area (Å²) in [7, 11) is 3.17. The lowest BCUT2D eigenvalue weighted by Crippen LogP contribution is -2.54. The van der Waals surface area contributed by atoms with Gasteiger partial charge in [-0.15, -0.1) is 0 Å². The number of carbonyl (C=O) groups excluding carboxylic acids is 1. The van der Waals surface area contributed by atoms with E-state index in [0.717, 1.165) is 22.3 Å². The molecule has 36 heavy (non-hydrogen) atoms. The predicted octanol–water partition coefficient (Wildman–Crippen LogP) is 3.89. The number of amides is 1. The first-order chi connectivity index (χ1) is 17.5. The highest BCUT2D eigenvalue weighted by atomic mass is 19.1. The van der Waals surface area contributed by atoms with E-state index in [0.29, 0.717) is 49.5 Å². The van der Waals surface area contributed by atoms with E-state index in [9.17, 15) is 14.3 Å². The van der Waals surface area contributed by atoms with Crippen molar-refractivity contribution < 1.29 is 23.8 Å². The molecule has 188 valence electrons. The molecule has 0 saturated heterocycles. The first kappa shape index (κ1) is 24.3. The molecule has 1 amide bonds. The van der Waals surface area contributed by atoms with Crippen molar-refractivity contribution in [3.63, 3.8) is 0 Å². The molecule has 0 fully saturated rings. The Morgan fingerprint density at radius 1 is 1.00 bits per heavy atom. The lowest BCUT2D eigenvalue weighted by atomic mass is 9.89. The van der Waals surface area contributed by atoms with Gasteiger partial charge in [-0.3, -0.25) is 9.69 Å². The van der Waals surface area contributed by atoms with Gasteiger partial charge in [-0.25, -0.2) is 4.39 Å². The zero-order valence-corrected chi connectivity index (χ0v) is 20.6. The van der Waals surface area contributed by atoms with Gasteiger partial charge in [0.1, 0.15) is 5.82 Å². The summed E-state index contributed by atoms with van der Waals surface area (Å²) in [5, 5.41) is 10.4. The Balaban J connectivity index is 1.48. The summed E-state index contributed by atoms with van der Waals surface area (Å²) in [6.07, 6.45) is 1.19. The fourth-order valence-electron chi connectivity index (χ4n) is 5.51. The number of aliphatic hydroxyl groups excluding tert-OH is 1. The second kappa shape index (κ2) is 10.3. The molecule has 0 aromatic heterocycles. The Kier molecular flexibility index (Phi) is 6.94. The fraction of sp³-hybridized carbons (Fsp3) is 0.345. The summed E-state index contributed by atoms with van der Waals surface area (Å²) >= 11 is 0. The van der Waals surface area contributed by atoms with Crippen molar-refractivity contribution >= 4 is 5.91 Å². The largest absolute Gasteiger partial charge is 0.493 e.